The maximum absolute atomic E-state index is 13.1. The van der Waals surface area contributed by atoms with E-state index in [0.717, 1.165) is 16.7 Å². The van der Waals surface area contributed by atoms with Gasteiger partial charge in [-0.2, -0.15) is 31.3 Å². The quantitative estimate of drug-likeness (QED) is 0.369. The van der Waals surface area contributed by atoms with Gasteiger partial charge in [0, 0.05) is 37.6 Å². The van der Waals surface area contributed by atoms with Gasteiger partial charge in [0.2, 0.25) is 5.95 Å². The molecule has 3 aromatic rings. The number of fused-ring (bicyclic) bond motifs is 1. The van der Waals surface area contributed by atoms with E-state index in [2.05, 4.69) is 20.6 Å². The van der Waals surface area contributed by atoms with Crippen molar-refractivity contribution in [1.29, 1.82) is 0 Å². The number of nitrogens with zero attached hydrogens (tertiary/aromatic N) is 3. The van der Waals surface area contributed by atoms with Gasteiger partial charge in [0.25, 0.3) is 5.91 Å². The van der Waals surface area contributed by atoms with Crippen LogP contribution in [0.2, 0.25) is 0 Å². The molecule has 1 saturated carbocycles. The zero-order chi connectivity index (χ0) is 27.7. The molecule has 0 atom stereocenters. The minimum Gasteiger partial charge on any atom is -0.362 e. The molecule has 1 aromatic heterocycles. The van der Waals surface area contributed by atoms with Gasteiger partial charge < -0.3 is 15.5 Å². The van der Waals surface area contributed by atoms with Gasteiger partial charge in [-0.3, -0.25) is 4.79 Å². The Bertz CT molecular complexity index is 1270. The molecule has 1 heterocycles. The maximum Gasteiger partial charge on any atom is 0.416 e. The molecule has 0 aliphatic heterocycles. The maximum atomic E-state index is 13.1. The summed E-state index contributed by atoms with van der Waals surface area (Å²) in [5.74, 6) is 0.566. The van der Waals surface area contributed by atoms with Crippen LogP contribution in [0.25, 0.3) is 10.9 Å². The molecule has 204 valence electrons. The summed E-state index contributed by atoms with van der Waals surface area (Å²) in [6.07, 6.45) is -7.51. The van der Waals surface area contributed by atoms with Crippen molar-refractivity contribution in [2.75, 3.05) is 30.9 Å². The predicted octanol–water partition coefficient (Wildman–Crippen LogP) is 6.13. The molecule has 6 nitrogen and oxygen atoms in total. The molecule has 4 rings (SSSR count). The van der Waals surface area contributed by atoms with Crippen molar-refractivity contribution in [2.45, 2.75) is 44.1 Å². The lowest BCUT2D eigenvalue weighted by molar-refractivity contribution is -0.143. The minimum absolute atomic E-state index is 0.00966. The van der Waals surface area contributed by atoms with Gasteiger partial charge in [0.1, 0.15) is 5.82 Å². The van der Waals surface area contributed by atoms with Crippen LogP contribution < -0.4 is 15.5 Å². The van der Waals surface area contributed by atoms with E-state index in [1.807, 2.05) is 43.3 Å². The highest BCUT2D eigenvalue weighted by molar-refractivity contribution is 5.95. The van der Waals surface area contributed by atoms with Crippen molar-refractivity contribution in [3.8, 4) is 0 Å². The number of nitrogens with one attached hydrogen (secondary N) is 2. The normalized spacial score (nSPS) is 18.3. The number of carbonyl (C=O) groups excluding carboxylic acids is 1. The highest BCUT2D eigenvalue weighted by atomic mass is 19.4. The zero-order valence-corrected chi connectivity index (χ0v) is 20.7. The van der Waals surface area contributed by atoms with E-state index in [-0.39, 0.29) is 18.0 Å². The van der Waals surface area contributed by atoms with Gasteiger partial charge >= 0.3 is 12.4 Å². The summed E-state index contributed by atoms with van der Waals surface area (Å²) in [5, 5.41) is 6.81. The molecule has 2 N–H and O–H groups in total. The number of aromatic nitrogens is 2. The van der Waals surface area contributed by atoms with Gasteiger partial charge in [-0.15, -0.1) is 0 Å². The average molecular weight is 540 g/mol. The van der Waals surface area contributed by atoms with Gasteiger partial charge in [-0.1, -0.05) is 12.1 Å². The Morgan fingerprint density at radius 3 is 2.11 bits per heavy atom. The molecule has 1 aliphatic rings. The second-order valence-electron chi connectivity index (χ2n) is 9.65. The van der Waals surface area contributed by atoms with Crippen LogP contribution in [-0.2, 0) is 12.4 Å². The molecule has 0 spiro atoms. The number of carbonyl (C=O) groups is 1. The Kier molecular flexibility index (Phi) is 7.70. The second-order valence-corrected chi connectivity index (χ2v) is 9.65. The number of benzene rings is 2. The van der Waals surface area contributed by atoms with Crippen LogP contribution >= 0.6 is 0 Å². The van der Waals surface area contributed by atoms with Crippen LogP contribution in [0.1, 0.15) is 47.2 Å². The molecule has 12 heteroatoms. The molecule has 1 amide bonds. The Hall–Kier alpha value is -3.57. The lowest BCUT2D eigenvalue weighted by atomic mass is 9.86. The highest BCUT2D eigenvalue weighted by Gasteiger charge is 2.37. The number of rotatable bonds is 6. The summed E-state index contributed by atoms with van der Waals surface area (Å²) in [5.41, 5.74) is -2.88. The lowest BCUT2D eigenvalue weighted by Gasteiger charge is -2.29. The number of para-hydroxylation sites is 1. The minimum atomic E-state index is -5.01. The van der Waals surface area contributed by atoms with Crippen LogP contribution in [-0.4, -0.2) is 42.6 Å². The van der Waals surface area contributed by atoms with Gasteiger partial charge in [-0.25, -0.2) is 4.98 Å². The molecule has 0 radical (unpaired) electrons. The van der Waals surface area contributed by atoms with Crippen molar-refractivity contribution in [3.63, 3.8) is 0 Å². The van der Waals surface area contributed by atoms with E-state index in [1.54, 1.807) is 0 Å². The molecule has 1 fully saturated rings. The van der Waals surface area contributed by atoms with E-state index < -0.39 is 35.0 Å². The third-order valence-electron chi connectivity index (χ3n) is 6.59. The smallest absolute Gasteiger partial charge is 0.362 e. The van der Waals surface area contributed by atoms with Crippen LogP contribution in [0.5, 0.6) is 0 Å². The number of alkyl halides is 6. The van der Waals surface area contributed by atoms with E-state index in [0.29, 0.717) is 50.3 Å². The van der Waals surface area contributed by atoms with Crippen LogP contribution in [0.3, 0.4) is 0 Å². The number of hydrogen-bond acceptors (Lipinski definition) is 5. The van der Waals surface area contributed by atoms with E-state index in [9.17, 15) is 31.1 Å². The fraction of sp³-hybridized carbons (Fsp3) is 0.423. The van der Waals surface area contributed by atoms with Crippen molar-refractivity contribution in [3.05, 3.63) is 59.2 Å². The first-order valence-corrected chi connectivity index (χ1v) is 12.1. The summed E-state index contributed by atoms with van der Waals surface area (Å²) < 4.78 is 78.7. The number of halogens is 6. The Balaban J connectivity index is 1.36. The van der Waals surface area contributed by atoms with Crippen LogP contribution in [0.4, 0.5) is 38.1 Å². The number of amides is 1. The summed E-state index contributed by atoms with van der Waals surface area (Å²) >= 11 is 0. The van der Waals surface area contributed by atoms with Gasteiger partial charge in [-0.05, 0) is 61.9 Å². The van der Waals surface area contributed by atoms with Crippen molar-refractivity contribution in [2.24, 2.45) is 5.92 Å². The summed E-state index contributed by atoms with van der Waals surface area (Å²) in [7, 11) is 3.80. The average Bonchev–Trinajstić information content (AvgIpc) is 2.86. The third-order valence-corrected chi connectivity index (χ3v) is 6.59. The van der Waals surface area contributed by atoms with Crippen molar-refractivity contribution >= 4 is 28.6 Å². The van der Waals surface area contributed by atoms with Crippen molar-refractivity contribution < 1.29 is 31.1 Å². The summed E-state index contributed by atoms with van der Waals surface area (Å²) in [4.78, 5) is 23.7. The van der Waals surface area contributed by atoms with Crippen LogP contribution in [0.15, 0.2) is 42.5 Å². The summed E-state index contributed by atoms with van der Waals surface area (Å²) in [6, 6.07) is 8.24. The van der Waals surface area contributed by atoms with Crippen molar-refractivity contribution in [1.82, 2.24) is 15.3 Å². The zero-order valence-electron chi connectivity index (χ0n) is 20.7. The first-order valence-electron chi connectivity index (χ1n) is 12.1. The van der Waals surface area contributed by atoms with E-state index in [1.165, 1.54) is 0 Å². The monoisotopic (exact) mass is 539 g/mol. The summed E-state index contributed by atoms with van der Waals surface area (Å²) in [6.45, 7) is 0.592. The van der Waals surface area contributed by atoms with Gasteiger partial charge in [0.05, 0.1) is 16.6 Å². The molecule has 0 saturated heterocycles. The third kappa shape index (κ3) is 6.46. The molecular weight excluding hydrogens is 512 g/mol. The highest BCUT2D eigenvalue weighted by Crippen LogP contribution is 2.36. The van der Waals surface area contributed by atoms with E-state index in [4.69, 9.17) is 0 Å². The second kappa shape index (κ2) is 10.7. The molecule has 0 unspecified atom stereocenters. The molecule has 2 aromatic carbocycles. The fourth-order valence-electron chi connectivity index (χ4n) is 4.58. The fourth-order valence-corrected chi connectivity index (χ4v) is 4.58. The Morgan fingerprint density at radius 2 is 1.53 bits per heavy atom. The van der Waals surface area contributed by atoms with Crippen LogP contribution in [0, 0.1) is 5.92 Å². The van der Waals surface area contributed by atoms with E-state index >= 15 is 0 Å². The first-order chi connectivity index (χ1) is 17.8. The van der Waals surface area contributed by atoms with Gasteiger partial charge in [0.15, 0.2) is 0 Å². The first kappa shape index (κ1) is 27.5. The predicted molar refractivity (Wildman–Crippen MR) is 132 cm³/mol. The lowest BCUT2D eigenvalue weighted by Crippen LogP contribution is -2.38. The number of anilines is 2. The largest absolute Gasteiger partial charge is 0.416 e. The Morgan fingerprint density at radius 1 is 0.921 bits per heavy atom. The Labute approximate surface area is 215 Å². The topological polar surface area (TPSA) is 70.2 Å². The molecule has 1 aliphatic carbocycles. The number of hydrogen-bond donors (Lipinski definition) is 2. The standard InChI is InChI=1S/C26H27F6N5O/c1-37(2)22-20-5-3-4-6-21(20)35-24(36-22)33-14-15-7-9-19(10-8-15)34-23(38)16-11-17(25(27,28)29)13-18(12-16)26(30,31)32/h3-6,11-13,15,19H,7-10,14H2,1-2H3,(H,34,38)(H,33,35,36). The molecule has 0 bridgehead atoms. The molecular formula is C26H27F6N5O. The molecule has 38 heavy (non-hydrogen) atoms. The SMILES string of the molecule is CN(C)c1nc(NCC2CCC(NC(=O)c3cc(C(F)(F)F)cc(C(F)(F)F)c3)CC2)nc2ccccc12.